The predicted octanol–water partition coefficient (Wildman–Crippen LogP) is 5.51. The Morgan fingerprint density at radius 2 is 1.52 bits per heavy atom. The largest absolute Gasteiger partial charge is 0.478 e. The lowest BCUT2D eigenvalue weighted by Gasteiger charge is -2.11. The second kappa shape index (κ2) is 9.27. The third-order valence-electron chi connectivity index (χ3n) is 4.00. The highest BCUT2D eigenvalue weighted by molar-refractivity contribution is 9.10. The molecule has 3 aromatic rings. The molecule has 3 aromatic carbocycles. The second-order valence-electron chi connectivity index (χ2n) is 6.24. The standard InChI is InChI=1S/C20H13BrCl2N2O5S/c21-12-3-6-18(17(7-12)20(27)28)24-19(26)11-1-4-16(5-2-11)31(29,30)25-15-9-13(22)8-14(23)10-15/h1-10,25H,(H,24,26)(H,27,28). The van der Waals surface area contributed by atoms with E-state index in [-0.39, 0.29) is 37.4 Å². The Balaban J connectivity index is 1.79. The third-order valence-corrected chi connectivity index (χ3v) is 6.33. The first-order chi connectivity index (χ1) is 14.5. The SMILES string of the molecule is O=C(Nc1ccc(Br)cc1C(=O)O)c1ccc(S(=O)(=O)Nc2cc(Cl)cc(Cl)c2)cc1. The number of anilines is 2. The Morgan fingerprint density at radius 3 is 2.10 bits per heavy atom. The van der Waals surface area contributed by atoms with E-state index in [4.69, 9.17) is 23.2 Å². The highest BCUT2D eigenvalue weighted by Gasteiger charge is 2.17. The fourth-order valence-corrected chi connectivity index (χ4v) is 4.54. The van der Waals surface area contributed by atoms with Crippen molar-refractivity contribution in [2.24, 2.45) is 0 Å². The number of nitrogens with one attached hydrogen (secondary N) is 2. The van der Waals surface area contributed by atoms with Crippen molar-refractivity contribution in [3.63, 3.8) is 0 Å². The van der Waals surface area contributed by atoms with Crippen LogP contribution in [0.5, 0.6) is 0 Å². The zero-order chi connectivity index (χ0) is 22.8. The average molecular weight is 544 g/mol. The average Bonchev–Trinajstić information content (AvgIpc) is 2.68. The molecule has 0 saturated heterocycles. The minimum atomic E-state index is -3.95. The number of sulfonamides is 1. The molecule has 160 valence electrons. The smallest absolute Gasteiger partial charge is 0.337 e. The summed E-state index contributed by atoms with van der Waals surface area (Å²) < 4.78 is 28.1. The lowest BCUT2D eigenvalue weighted by molar-refractivity contribution is 0.0698. The van der Waals surface area contributed by atoms with Crippen LogP contribution in [-0.2, 0) is 10.0 Å². The van der Waals surface area contributed by atoms with Gasteiger partial charge in [-0.15, -0.1) is 0 Å². The van der Waals surface area contributed by atoms with E-state index in [1.54, 1.807) is 6.07 Å². The molecule has 1 amide bonds. The molecule has 0 aliphatic carbocycles. The molecule has 0 aromatic heterocycles. The maximum Gasteiger partial charge on any atom is 0.337 e. The van der Waals surface area contributed by atoms with Crippen molar-refractivity contribution in [1.82, 2.24) is 0 Å². The summed E-state index contributed by atoms with van der Waals surface area (Å²) in [6.07, 6.45) is 0. The maximum atomic E-state index is 12.6. The van der Waals surface area contributed by atoms with Gasteiger partial charge >= 0.3 is 5.97 Å². The fraction of sp³-hybridized carbons (Fsp3) is 0. The Hall–Kier alpha value is -2.59. The van der Waals surface area contributed by atoms with Crippen LogP contribution in [0.4, 0.5) is 11.4 Å². The normalized spacial score (nSPS) is 11.1. The Kier molecular flexibility index (Phi) is 6.90. The predicted molar refractivity (Wildman–Crippen MR) is 123 cm³/mol. The van der Waals surface area contributed by atoms with Gasteiger partial charge in [-0.25, -0.2) is 13.2 Å². The van der Waals surface area contributed by atoms with Crippen LogP contribution in [0.1, 0.15) is 20.7 Å². The van der Waals surface area contributed by atoms with E-state index in [2.05, 4.69) is 26.0 Å². The van der Waals surface area contributed by atoms with E-state index in [0.717, 1.165) is 0 Å². The Labute approximate surface area is 196 Å². The number of hydrogen-bond acceptors (Lipinski definition) is 4. The summed E-state index contributed by atoms with van der Waals surface area (Å²) >= 11 is 14.9. The number of amides is 1. The number of carbonyl (C=O) groups is 2. The van der Waals surface area contributed by atoms with E-state index < -0.39 is 21.9 Å². The molecule has 3 rings (SSSR count). The van der Waals surface area contributed by atoms with Crippen molar-refractivity contribution in [2.45, 2.75) is 4.90 Å². The summed E-state index contributed by atoms with van der Waals surface area (Å²) in [6.45, 7) is 0. The zero-order valence-electron chi connectivity index (χ0n) is 15.4. The van der Waals surface area contributed by atoms with Crippen molar-refractivity contribution in [2.75, 3.05) is 10.0 Å². The summed E-state index contributed by atoms with van der Waals surface area (Å²) in [4.78, 5) is 23.8. The van der Waals surface area contributed by atoms with E-state index in [0.29, 0.717) is 4.47 Å². The minimum Gasteiger partial charge on any atom is -0.478 e. The van der Waals surface area contributed by atoms with Gasteiger partial charge in [0, 0.05) is 20.1 Å². The number of aromatic carboxylic acids is 1. The van der Waals surface area contributed by atoms with Gasteiger partial charge in [0.1, 0.15) is 0 Å². The molecule has 0 aliphatic rings. The maximum absolute atomic E-state index is 12.6. The summed E-state index contributed by atoms with van der Waals surface area (Å²) in [6, 6.07) is 13.8. The molecule has 0 heterocycles. The molecule has 31 heavy (non-hydrogen) atoms. The molecule has 0 atom stereocenters. The van der Waals surface area contributed by atoms with Crippen molar-refractivity contribution in [1.29, 1.82) is 0 Å². The summed E-state index contributed by atoms with van der Waals surface area (Å²) in [7, 11) is -3.95. The van der Waals surface area contributed by atoms with Gasteiger partial charge in [-0.05, 0) is 60.7 Å². The van der Waals surface area contributed by atoms with Gasteiger partial charge in [0.15, 0.2) is 0 Å². The number of halogens is 3. The number of carbonyl (C=O) groups excluding carboxylic acids is 1. The minimum absolute atomic E-state index is 0.0879. The lowest BCUT2D eigenvalue weighted by atomic mass is 10.1. The van der Waals surface area contributed by atoms with Gasteiger partial charge in [-0.3, -0.25) is 9.52 Å². The quantitative estimate of drug-likeness (QED) is 0.379. The van der Waals surface area contributed by atoms with Gasteiger partial charge in [-0.2, -0.15) is 0 Å². The van der Waals surface area contributed by atoms with Gasteiger partial charge < -0.3 is 10.4 Å². The number of hydrogen-bond donors (Lipinski definition) is 3. The van der Waals surface area contributed by atoms with Crippen LogP contribution in [0.2, 0.25) is 10.0 Å². The molecule has 0 unspecified atom stereocenters. The second-order valence-corrected chi connectivity index (χ2v) is 9.71. The van der Waals surface area contributed by atoms with Gasteiger partial charge in [-0.1, -0.05) is 39.1 Å². The van der Waals surface area contributed by atoms with Crippen LogP contribution < -0.4 is 10.0 Å². The highest BCUT2D eigenvalue weighted by Crippen LogP contribution is 2.25. The Bertz CT molecular complexity index is 1260. The van der Waals surface area contributed by atoms with E-state index >= 15 is 0 Å². The fourth-order valence-electron chi connectivity index (χ4n) is 2.61. The topological polar surface area (TPSA) is 113 Å². The molecule has 0 bridgehead atoms. The molecule has 0 fully saturated rings. The van der Waals surface area contributed by atoms with Gasteiger partial charge in [0.25, 0.3) is 15.9 Å². The first-order valence-corrected chi connectivity index (χ1v) is 11.5. The monoisotopic (exact) mass is 542 g/mol. The number of carboxylic acids is 1. The van der Waals surface area contributed by atoms with Crippen LogP contribution in [0, 0.1) is 0 Å². The molecule has 0 spiro atoms. The van der Waals surface area contributed by atoms with Crippen LogP contribution in [0.15, 0.2) is 70.0 Å². The number of carboxylic acid groups (broad SMARTS) is 1. The molecule has 0 radical (unpaired) electrons. The van der Waals surface area contributed by atoms with Crippen molar-refractivity contribution < 1.29 is 23.1 Å². The van der Waals surface area contributed by atoms with Crippen molar-refractivity contribution >= 4 is 72.4 Å². The first-order valence-electron chi connectivity index (χ1n) is 8.48. The zero-order valence-corrected chi connectivity index (χ0v) is 19.3. The molecular weight excluding hydrogens is 531 g/mol. The number of benzene rings is 3. The van der Waals surface area contributed by atoms with Crippen LogP contribution in [0.25, 0.3) is 0 Å². The van der Waals surface area contributed by atoms with Gasteiger partial charge in [0.05, 0.1) is 21.8 Å². The van der Waals surface area contributed by atoms with Crippen molar-refractivity contribution in [3.05, 3.63) is 86.3 Å². The van der Waals surface area contributed by atoms with E-state index in [1.165, 1.54) is 54.6 Å². The lowest BCUT2D eigenvalue weighted by Crippen LogP contribution is -2.16. The van der Waals surface area contributed by atoms with Crippen molar-refractivity contribution in [3.8, 4) is 0 Å². The molecular formula is C20H13BrCl2N2O5S. The Morgan fingerprint density at radius 1 is 0.903 bits per heavy atom. The van der Waals surface area contributed by atoms with Crippen LogP contribution in [-0.4, -0.2) is 25.4 Å². The molecule has 11 heteroatoms. The highest BCUT2D eigenvalue weighted by atomic mass is 79.9. The van der Waals surface area contributed by atoms with Crippen LogP contribution in [0.3, 0.4) is 0 Å². The summed E-state index contributed by atoms with van der Waals surface area (Å²) in [5.41, 5.74) is 0.350. The summed E-state index contributed by atoms with van der Waals surface area (Å²) in [5, 5.41) is 12.3. The van der Waals surface area contributed by atoms with E-state index in [1.807, 2.05) is 0 Å². The molecule has 3 N–H and O–H groups in total. The first kappa shape index (κ1) is 23.1. The molecule has 7 nitrogen and oxygen atoms in total. The third kappa shape index (κ3) is 5.76. The number of rotatable bonds is 6. The van der Waals surface area contributed by atoms with Gasteiger partial charge in [0.2, 0.25) is 0 Å². The molecule has 0 aliphatic heterocycles. The molecule has 0 saturated carbocycles. The van der Waals surface area contributed by atoms with E-state index in [9.17, 15) is 23.1 Å². The summed E-state index contributed by atoms with van der Waals surface area (Å²) in [5.74, 6) is -1.80. The van der Waals surface area contributed by atoms with Crippen LogP contribution >= 0.6 is 39.1 Å².